The van der Waals surface area contributed by atoms with E-state index in [1.54, 1.807) is 66.7 Å². The Labute approximate surface area is 191 Å². The van der Waals surface area contributed by atoms with Crippen LogP contribution in [0.2, 0.25) is 0 Å². The summed E-state index contributed by atoms with van der Waals surface area (Å²) in [6.07, 6.45) is 0. The second kappa shape index (κ2) is 8.03. The monoisotopic (exact) mass is 454 g/mol. The molecular weight excluding hydrogens is 436 g/mol. The van der Waals surface area contributed by atoms with Crippen LogP contribution < -0.4 is 10.0 Å². The van der Waals surface area contributed by atoms with Crippen molar-refractivity contribution in [1.82, 2.24) is 0 Å². The molecule has 5 rings (SSSR count). The van der Waals surface area contributed by atoms with Crippen molar-refractivity contribution in [1.29, 1.82) is 0 Å². The predicted molar refractivity (Wildman–Crippen MR) is 127 cm³/mol. The van der Waals surface area contributed by atoms with E-state index in [9.17, 15) is 18.0 Å². The summed E-state index contributed by atoms with van der Waals surface area (Å²) in [5.41, 5.74) is 3.58. The molecule has 7 heteroatoms. The van der Waals surface area contributed by atoms with Crippen LogP contribution in [0.4, 0.5) is 11.4 Å². The quantitative estimate of drug-likeness (QED) is 0.393. The Morgan fingerprint density at radius 2 is 1.24 bits per heavy atom. The van der Waals surface area contributed by atoms with Crippen LogP contribution in [0.5, 0.6) is 0 Å². The molecule has 0 spiro atoms. The molecule has 33 heavy (non-hydrogen) atoms. The zero-order valence-corrected chi connectivity index (χ0v) is 18.1. The van der Waals surface area contributed by atoms with Crippen LogP contribution in [0.3, 0.4) is 0 Å². The van der Waals surface area contributed by atoms with Gasteiger partial charge in [0.2, 0.25) is 0 Å². The molecule has 0 saturated carbocycles. The van der Waals surface area contributed by atoms with Gasteiger partial charge in [-0.05, 0) is 47.5 Å². The Balaban J connectivity index is 1.42. The van der Waals surface area contributed by atoms with Crippen molar-refractivity contribution in [3.8, 4) is 11.1 Å². The fourth-order valence-electron chi connectivity index (χ4n) is 3.85. The molecule has 1 aliphatic rings. The van der Waals surface area contributed by atoms with Crippen LogP contribution in [-0.4, -0.2) is 20.1 Å². The van der Waals surface area contributed by atoms with Gasteiger partial charge in [-0.15, -0.1) is 0 Å². The highest BCUT2D eigenvalue weighted by Crippen LogP contribution is 2.37. The number of carbonyl (C=O) groups is 2. The fourth-order valence-corrected chi connectivity index (χ4v) is 4.95. The van der Waals surface area contributed by atoms with Crippen LogP contribution in [0.15, 0.2) is 102 Å². The zero-order chi connectivity index (χ0) is 23.0. The van der Waals surface area contributed by atoms with Crippen LogP contribution in [0.25, 0.3) is 11.1 Å². The van der Waals surface area contributed by atoms with Gasteiger partial charge in [-0.2, -0.15) is 0 Å². The fraction of sp³-hybridized carbons (Fsp3) is 0. The summed E-state index contributed by atoms with van der Waals surface area (Å²) in [6, 6.07) is 26.8. The third-order valence-electron chi connectivity index (χ3n) is 5.46. The molecule has 0 heterocycles. The molecule has 1 amide bonds. The number of anilines is 2. The Morgan fingerprint density at radius 3 is 2.00 bits per heavy atom. The number of amides is 1. The first kappa shape index (κ1) is 20.7. The van der Waals surface area contributed by atoms with Gasteiger partial charge in [0.15, 0.2) is 5.78 Å². The summed E-state index contributed by atoms with van der Waals surface area (Å²) in [7, 11) is -3.83. The van der Waals surface area contributed by atoms with Gasteiger partial charge in [0.1, 0.15) is 0 Å². The third-order valence-corrected chi connectivity index (χ3v) is 6.84. The van der Waals surface area contributed by atoms with Gasteiger partial charge in [0, 0.05) is 16.7 Å². The lowest BCUT2D eigenvalue weighted by Gasteiger charge is -2.14. The van der Waals surface area contributed by atoms with Gasteiger partial charge in [0.25, 0.3) is 15.9 Å². The van der Waals surface area contributed by atoms with Gasteiger partial charge in [-0.25, -0.2) is 8.42 Å². The Morgan fingerprint density at radius 1 is 0.636 bits per heavy atom. The van der Waals surface area contributed by atoms with Crippen molar-refractivity contribution >= 4 is 33.1 Å². The topological polar surface area (TPSA) is 92.3 Å². The molecular formula is C26H18N2O4S. The molecule has 0 saturated heterocycles. The number of hydrogen-bond acceptors (Lipinski definition) is 4. The summed E-state index contributed by atoms with van der Waals surface area (Å²) in [5, 5.41) is 2.75. The van der Waals surface area contributed by atoms with Crippen LogP contribution in [0, 0.1) is 0 Å². The van der Waals surface area contributed by atoms with Crippen molar-refractivity contribution < 1.29 is 18.0 Å². The highest BCUT2D eigenvalue weighted by Gasteiger charge is 2.27. The maximum Gasteiger partial charge on any atom is 0.261 e. The number of sulfonamides is 1. The van der Waals surface area contributed by atoms with Crippen LogP contribution in [-0.2, 0) is 10.0 Å². The first-order chi connectivity index (χ1) is 15.9. The summed E-state index contributed by atoms with van der Waals surface area (Å²) < 4.78 is 28.0. The van der Waals surface area contributed by atoms with Crippen molar-refractivity contribution in [2.24, 2.45) is 0 Å². The molecule has 4 aromatic rings. The standard InChI is InChI=1S/C26H18N2O4S/c29-25-21-11-5-4-10-19(21)20-15-14-17(16-22(20)25)26(30)27-23-12-6-7-13-24(23)28-33(31,32)18-8-2-1-3-9-18/h1-16,28H,(H,27,30). The van der Waals surface area contributed by atoms with Crippen molar-refractivity contribution in [2.75, 3.05) is 10.0 Å². The van der Waals surface area contributed by atoms with Gasteiger partial charge in [0.05, 0.1) is 16.3 Å². The Bertz CT molecular complexity index is 1510. The smallest absolute Gasteiger partial charge is 0.261 e. The lowest BCUT2D eigenvalue weighted by molar-refractivity contribution is 0.102. The van der Waals surface area contributed by atoms with Gasteiger partial charge in [-0.1, -0.05) is 60.7 Å². The second-order valence-corrected chi connectivity index (χ2v) is 9.24. The molecule has 0 bridgehead atoms. The molecule has 2 N–H and O–H groups in total. The Hall–Kier alpha value is -4.23. The molecule has 1 aliphatic carbocycles. The maximum absolute atomic E-state index is 13.0. The molecule has 0 aliphatic heterocycles. The molecule has 0 unspecified atom stereocenters. The van der Waals surface area contributed by atoms with E-state index in [0.717, 1.165) is 11.1 Å². The normalized spacial score (nSPS) is 12.1. The first-order valence-electron chi connectivity index (χ1n) is 10.2. The van der Waals surface area contributed by atoms with E-state index in [1.165, 1.54) is 12.1 Å². The maximum atomic E-state index is 13.0. The van der Waals surface area contributed by atoms with Crippen molar-refractivity contribution in [3.63, 3.8) is 0 Å². The molecule has 0 fully saturated rings. The van der Waals surface area contributed by atoms with E-state index in [4.69, 9.17) is 0 Å². The number of benzene rings is 4. The number of para-hydroxylation sites is 2. The van der Waals surface area contributed by atoms with Gasteiger partial charge >= 0.3 is 0 Å². The molecule has 0 aromatic heterocycles. The van der Waals surface area contributed by atoms with Crippen molar-refractivity contribution in [3.05, 3.63) is 114 Å². The SMILES string of the molecule is O=C(Nc1ccccc1NS(=O)(=O)c1ccccc1)c1ccc2c(c1)C(=O)c1ccccc1-2. The van der Waals surface area contributed by atoms with E-state index in [-0.39, 0.29) is 16.4 Å². The number of carbonyl (C=O) groups excluding carboxylic acids is 2. The summed E-state index contributed by atoms with van der Waals surface area (Å²) in [6.45, 7) is 0. The number of fused-ring (bicyclic) bond motifs is 3. The van der Waals surface area contributed by atoms with E-state index >= 15 is 0 Å². The highest BCUT2D eigenvalue weighted by atomic mass is 32.2. The van der Waals surface area contributed by atoms with E-state index in [0.29, 0.717) is 22.4 Å². The second-order valence-electron chi connectivity index (χ2n) is 7.55. The minimum atomic E-state index is -3.83. The number of rotatable bonds is 5. The van der Waals surface area contributed by atoms with Crippen LogP contribution in [0.1, 0.15) is 26.3 Å². The van der Waals surface area contributed by atoms with E-state index < -0.39 is 15.9 Å². The van der Waals surface area contributed by atoms with Crippen LogP contribution >= 0.6 is 0 Å². The summed E-state index contributed by atoms with van der Waals surface area (Å²) in [5.74, 6) is -0.570. The number of ketones is 1. The predicted octanol–water partition coefficient (Wildman–Crippen LogP) is 4.95. The first-order valence-corrected chi connectivity index (χ1v) is 11.7. The van der Waals surface area contributed by atoms with E-state index in [2.05, 4.69) is 10.0 Å². The third kappa shape index (κ3) is 3.79. The average molecular weight is 455 g/mol. The molecule has 0 radical (unpaired) electrons. The molecule has 6 nitrogen and oxygen atoms in total. The lowest BCUT2D eigenvalue weighted by Crippen LogP contribution is -2.17. The largest absolute Gasteiger partial charge is 0.320 e. The highest BCUT2D eigenvalue weighted by molar-refractivity contribution is 7.92. The lowest BCUT2D eigenvalue weighted by atomic mass is 10.0. The summed E-state index contributed by atoms with van der Waals surface area (Å²) >= 11 is 0. The average Bonchev–Trinajstić information content (AvgIpc) is 3.12. The van der Waals surface area contributed by atoms with Gasteiger partial charge in [-0.3, -0.25) is 14.3 Å². The van der Waals surface area contributed by atoms with Gasteiger partial charge < -0.3 is 5.32 Å². The Kier molecular flexibility index (Phi) is 5.03. The molecule has 162 valence electrons. The number of hydrogen-bond donors (Lipinski definition) is 2. The molecule has 0 atom stereocenters. The summed E-state index contributed by atoms with van der Waals surface area (Å²) in [4.78, 5) is 25.9. The van der Waals surface area contributed by atoms with Crippen molar-refractivity contribution in [2.45, 2.75) is 4.90 Å². The minimum absolute atomic E-state index is 0.114. The van der Waals surface area contributed by atoms with E-state index in [1.807, 2.05) is 18.2 Å². The minimum Gasteiger partial charge on any atom is -0.320 e. The zero-order valence-electron chi connectivity index (χ0n) is 17.3. The molecule has 4 aromatic carbocycles. The number of nitrogens with one attached hydrogen (secondary N) is 2.